The van der Waals surface area contributed by atoms with E-state index in [9.17, 15) is 9.59 Å². The van der Waals surface area contributed by atoms with Crippen molar-refractivity contribution < 1.29 is 14.3 Å². The van der Waals surface area contributed by atoms with E-state index in [1.54, 1.807) is 11.8 Å². The van der Waals surface area contributed by atoms with E-state index >= 15 is 0 Å². The predicted octanol–water partition coefficient (Wildman–Crippen LogP) is 4.26. The van der Waals surface area contributed by atoms with Crippen molar-refractivity contribution >= 4 is 11.9 Å². The van der Waals surface area contributed by atoms with Crippen LogP contribution in [0.5, 0.6) is 0 Å². The van der Waals surface area contributed by atoms with Gasteiger partial charge in [-0.2, -0.15) is 0 Å². The number of rotatable bonds is 9. The Bertz CT molecular complexity index is 673. The van der Waals surface area contributed by atoms with Crippen LogP contribution in [0.15, 0.2) is 60.7 Å². The molecule has 0 N–H and O–H groups in total. The highest BCUT2D eigenvalue weighted by molar-refractivity contribution is 5.87. The van der Waals surface area contributed by atoms with Gasteiger partial charge < -0.3 is 9.64 Å². The van der Waals surface area contributed by atoms with Gasteiger partial charge in [-0.15, -0.1) is 0 Å². The van der Waals surface area contributed by atoms with Crippen LogP contribution in [-0.4, -0.2) is 36.5 Å². The molecule has 0 bridgehead atoms. The van der Waals surface area contributed by atoms with E-state index < -0.39 is 0 Å². The molecule has 2 rings (SSSR count). The molecular weight excluding hydrogens is 338 g/mol. The van der Waals surface area contributed by atoms with Gasteiger partial charge in [0.25, 0.3) is 0 Å². The molecule has 0 aliphatic rings. The van der Waals surface area contributed by atoms with Crippen molar-refractivity contribution in [2.75, 3.05) is 19.7 Å². The van der Waals surface area contributed by atoms with E-state index in [0.29, 0.717) is 25.6 Å². The second-order valence-corrected chi connectivity index (χ2v) is 6.99. The molecule has 0 aliphatic carbocycles. The summed E-state index contributed by atoms with van der Waals surface area (Å²) in [7, 11) is 0. The van der Waals surface area contributed by atoms with Crippen LogP contribution in [0.1, 0.15) is 44.2 Å². The number of benzene rings is 2. The maximum absolute atomic E-state index is 13.5. The predicted molar refractivity (Wildman–Crippen MR) is 107 cm³/mol. The lowest BCUT2D eigenvalue weighted by atomic mass is 9.89. The van der Waals surface area contributed by atoms with Crippen LogP contribution in [0.25, 0.3) is 0 Å². The zero-order valence-corrected chi connectivity index (χ0v) is 16.4. The zero-order valence-electron chi connectivity index (χ0n) is 16.4. The number of esters is 1. The van der Waals surface area contributed by atoms with Gasteiger partial charge in [-0.3, -0.25) is 9.59 Å². The fraction of sp³-hybridized carbons (Fsp3) is 0.391. The first kappa shape index (κ1) is 20.7. The molecule has 27 heavy (non-hydrogen) atoms. The van der Waals surface area contributed by atoms with E-state index in [1.807, 2.05) is 60.7 Å². The quantitative estimate of drug-likeness (QED) is 0.622. The smallest absolute Gasteiger partial charge is 0.307 e. The Morgan fingerprint density at radius 1 is 0.926 bits per heavy atom. The highest BCUT2D eigenvalue weighted by Gasteiger charge is 2.28. The van der Waals surface area contributed by atoms with E-state index in [4.69, 9.17) is 4.74 Å². The van der Waals surface area contributed by atoms with Gasteiger partial charge in [0.05, 0.1) is 18.9 Å². The third kappa shape index (κ3) is 6.24. The first-order valence-electron chi connectivity index (χ1n) is 9.57. The number of hydrogen-bond acceptors (Lipinski definition) is 3. The summed E-state index contributed by atoms with van der Waals surface area (Å²) in [6, 6.07) is 19.6. The molecule has 0 unspecified atom stereocenters. The molecule has 4 nitrogen and oxygen atoms in total. The Morgan fingerprint density at radius 2 is 1.44 bits per heavy atom. The third-order valence-electron chi connectivity index (χ3n) is 4.30. The molecule has 1 amide bonds. The maximum atomic E-state index is 13.5. The summed E-state index contributed by atoms with van der Waals surface area (Å²) in [5, 5.41) is 0. The van der Waals surface area contributed by atoms with Gasteiger partial charge in [0, 0.05) is 13.1 Å². The Kier molecular flexibility index (Phi) is 8.05. The van der Waals surface area contributed by atoms with Crippen LogP contribution in [0.3, 0.4) is 0 Å². The first-order chi connectivity index (χ1) is 13.0. The molecular formula is C23H29NO3. The van der Waals surface area contributed by atoms with Crippen LogP contribution in [0, 0.1) is 5.92 Å². The van der Waals surface area contributed by atoms with Crippen molar-refractivity contribution in [1.82, 2.24) is 4.90 Å². The Hall–Kier alpha value is -2.62. The lowest BCUT2D eigenvalue weighted by Crippen LogP contribution is -2.39. The van der Waals surface area contributed by atoms with Crippen molar-refractivity contribution in [2.24, 2.45) is 5.92 Å². The van der Waals surface area contributed by atoms with Gasteiger partial charge in [-0.1, -0.05) is 74.5 Å². The van der Waals surface area contributed by atoms with Crippen molar-refractivity contribution in [3.05, 3.63) is 71.8 Å². The minimum absolute atomic E-state index is 0.0189. The standard InChI is InChI=1S/C23H29NO3/c1-4-27-21(25)15-16-24(17-18(2)3)23(26)22(19-11-7-5-8-12-19)20-13-9-6-10-14-20/h5-14,18,22H,4,15-17H2,1-3H3. The molecule has 0 atom stereocenters. The second-order valence-electron chi connectivity index (χ2n) is 6.99. The molecule has 2 aromatic carbocycles. The van der Waals surface area contributed by atoms with E-state index in [-0.39, 0.29) is 24.2 Å². The third-order valence-corrected chi connectivity index (χ3v) is 4.30. The largest absolute Gasteiger partial charge is 0.466 e. The number of carbonyl (C=O) groups excluding carboxylic acids is 2. The highest BCUT2D eigenvalue weighted by atomic mass is 16.5. The van der Waals surface area contributed by atoms with Gasteiger partial charge in [0.2, 0.25) is 5.91 Å². The van der Waals surface area contributed by atoms with Crippen LogP contribution < -0.4 is 0 Å². The summed E-state index contributed by atoms with van der Waals surface area (Å²) in [5.41, 5.74) is 1.91. The summed E-state index contributed by atoms with van der Waals surface area (Å²) < 4.78 is 5.03. The molecule has 0 aromatic heterocycles. The highest BCUT2D eigenvalue weighted by Crippen LogP contribution is 2.27. The molecule has 0 aliphatic heterocycles. The molecule has 0 fully saturated rings. The minimum Gasteiger partial charge on any atom is -0.466 e. The van der Waals surface area contributed by atoms with Crippen molar-refractivity contribution in [2.45, 2.75) is 33.1 Å². The Labute approximate surface area is 162 Å². The van der Waals surface area contributed by atoms with Crippen LogP contribution >= 0.6 is 0 Å². The normalized spacial score (nSPS) is 10.9. The van der Waals surface area contributed by atoms with Crippen LogP contribution in [-0.2, 0) is 14.3 Å². The Balaban J connectivity index is 2.30. The fourth-order valence-electron chi connectivity index (χ4n) is 3.14. The summed E-state index contributed by atoms with van der Waals surface area (Å²) in [4.78, 5) is 27.1. The fourth-order valence-corrected chi connectivity index (χ4v) is 3.14. The molecule has 0 saturated heterocycles. The molecule has 0 spiro atoms. The molecule has 0 saturated carbocycles. The van der Waals surface area contributed by atoms with Gasteiger partial charge in [0.1, 0.15) is 0 Å². The first-order valence-corrected chi connectivity index (χ1v) is 9.57. The van der Waals surface area contributed by atoms with Crippen molar-refractivity contribution in [3.63, 3.8) is 0 Å². The van der Waals surface area contributed by atoms with E-state index in [1.165, 1.54) is 0 Å². The number of hydrogen-bond donors (Lipinski definition) is 0. The molecule has 4 heteroatoms. The topological polar surface area (TPSA) is 46.6 Å². The molecule has 0 radical (unpaired) electrons. The van der Waals surface area contributed by atoms with Crippen LogP contribution in [0.2, 0.25) is 0 Å². The second kappa shape index (κ2) is 10.5. The summed E-state index contributed by atoms with van der Waals surface area (Å²) >= 11 is 0. The van der Waals surface area contributed by atoms with E-state index in [0.717, 1.165) is 11.1 Å². The SMILES string of the molecule is CCOC(=O)CCN(CC(C)C)C(=O)C(c1ccccc1)c1ccccc1. The van der Waals surface area contributed by atoms with Crippen LogP contribution in [0.4, 0.5) is 0 Å². The van der Waals surface area contributed by atoms with Crippen molar-refractivity contribution in [3.8, 4) is 0 Å². The van der Waals surface area contributed by atoms with Gasteiger partial charge in [-0.25, -0.2) is 0 Å². The number of carbonyl (C=O) groups is 2. The molecule has 144 valence electrons. The summed E-state index contributed by atoms with van der Waals surface area (Å²) in [6.45, 7) is 7.26. The van der Waals surface area contributed by atoms with E-state index in [2.05, 4.69) is 13.8 Å². The lowest BCUT2D eigenvalue weighted by Gasteiger charge is -2.29. The van der Waals surface area contributed by atoms with Gasteiger partial charge in [-0.05, 0) is 24.0 Å². The number of amides is 1. The average molecular weight is 367 g/mol. The lowest BCUT2D eigenvalue weighted by molar-refractivity contribution is -0.144. The summed E-state index contributed by atoms with van der Waals surface area (Å²) in [6.07, 6.45) is 0.211. The minimum atomic E-state index is -0.381. The van der Waals surface area contributed by atoms with Gasteiger partial charge >= 0.3 is 5.97 Å². The molecule has 0 heterocycles. The monoisotopic (exact) mass is 367 g/mol. The Morgan fingerprint density at radius 3 is 1.89 bits per heavy atom. The average Bonchev–Trinajstić information content (AvgIpc) is 2.67. The summed E-state index contributed by atoms with van der Waals surface area (Å²) in [5.74, 6) is -0.322. The molecule has 2 aromatic rings. The number of ether oxygens (including phenoxy) is 1. The maximum Gasteiger partial charge on any atom is 0.307 e. The van der Waals surface area contributed by atoms with Crippen molar-refractivity contribution in [1.29, 1.82) is 0 Å². The number of nitrogens with zero attached hydrogens (tertiary/aromatic N) is 1. The zero-order chi connectivity index (χ0) is 19.6. The van der Waals surface area contributed by atoms with Gasteiger partial charge in [0.15, 0.2) is 0 Å².